The Kier molecular flexibility index (Phi) is 6.82. The van der Waals surface area contributed by atoms with Gasteiger partial charge in [-0.2, -0.15) is 13.2 Å². The third kappa shape index (κ3) is 4.95. The monoisotopic (exact) mass is 530 g/mol. The van der Waals surface area contributed by atoms with E-state index in [0.29, 0.717) is 37.6 Å². The van der Waals surface area contributed by atoms with Crippen LogP contribution in [0.1, 0.15) is 50.7 Å². The van der Waals surface area contributed by atoms with Crippen molar-refractivity contribution < 1.29 is 37.1 Å². The van der Waals surface area contributed by atoms with E-state index in [1.54, 1.807) is 17.0 Å². The fourth-order valence-corrected chi connectivity index (χ4v) is 5.09. The number of hydrogen-bond acceptors (Lipinski definition) is 6. The summed E-state index contributed by atoms with van der Waals surface area (Å²) >= 11 is 0. The molecule has 0 bridgehead atoms. The molecule has 200 valence electrons. The van der Waals surface area contributed by atoms with Gasteiger partial charge in [-0.15, -0.1) is 0 Å². The molecule has 3 heterocycles. The fourth-order valence-electron chi connectivity index (χ4n) is 5.09. The van der Waals surface area contributed by atoms with Crippen molar-refractivity contribution in [2.45, 2.75) is 37.6 Å². The topological polar surface area (TPSA) is 108 Å². The number of carbonyl (C=O) groups is 4. The molecule has 0 spiro atoms. The Hall–Kier alpha value is -3.93. The summed E-state index contributed by atoms with van der Waals surface area (Å²) in [6.07, 6.45) is -4.50. The molecule has 2 saturated heterocycles. The van der Waals surface area contributed by atoms with Crippen LogP contribution >= 0.6 is 0 Å². The van der Waals surface area contributed by atoms with Crippen molar-refractivity contribution in [3.8, 4) is 0 Å². The summed E-state index contributed by atoms with van der Waals surface area (Å²) < 4.78 is 48.1. The van der Waals surface area contributed by atoms with Gasteiger partial charge in [0, 0.05) is 48.4 Å². The summed E-state index contributed by atoms with van der Waals surface area (Å²) in [6, 6.07) is 7.03. The molecule has 3 aliphatic rings. The van der Waals surface area contributed by atoms with Crippen LogP contribution in [0.15, 0.2) is 42.5 Å². The van der Waals surface area contributed by atoms with Gasteiger partial charge in [-0.25, -0.2) is 0 Å². The molecule has 0 aliphatic carbocycles. The van der Waals surface area contributed by atoms with Crippen molar-refractivity contribution in [2.24, 2.45) is 0 Å². The molecule has 5 rings (SSSR count). The number of para-hydroxylation sites is 1. The van der Waals surface area contributed by atoms with Crippen LogP contribution in [-0.4, -0.2) is 67.1 Å². The van der Waals surface area contributed by atoms with Crippen LogP contribution in [0.3, 0.4) is 0 Å². The summed E-state index contributed by atoms with van der Waals surface area (Å²) in [5.74, 6) is -2.37. The number of rotatable bonds is 5. The number of halogens is 3. The second-order valence-corrected chi connectivity index (χ2v) is 9.38. The largest absolute Gasteiger partial charge is 0.412 e. The van der Waals surface area contributed by atoms with Gasteiger partial charge in [0.25, 0.3) is 11.8 Å². The minimum Gasteiger partial charge on any atom is -0.378 e. The Balaban J connectivity index is 1.38. The van der Waals surface area contributed by atoms with E-state index < -0.39 is 41.9 Å². The lowest BCUT2D eigenvalue weighted by Gasteiger charge is -2.33. The third-order valence-corrected chi connectivity index (χ3v) is 6.99. The van der Waals surface area contributed by atoms with Gasteiger partial charge >= 0.3 is 6.18 Å². The lowest BCUT2D eigenvalue weighted by molar-refractivity contribution is -0.155. The molecule has 2 N–H and O–H groups in total. The molecule has 4 amide bonds. The molecule has 12 heteroatoms. The van der Waals surface area contributed by atoms with E-state index in [-0.39, 0.29) is 36.1 Å². The number of fused-ring (bicyclic) bond motifs is 1. The van der Waals surface area contributed by atoms with Crippen LogP contribution in [-0.2, 0) is 20.9 Å². The summed E-state index contributed by atoms with van der Waals surface area (Å²) in [6.45, 7) is 1.64. The van der Waals surface area contributed by atoms with Crippen molar-refractivity contribution in [1.82, 2.24) is 15.5 Å². The number of alkyl halides is 3. The van der Waals surface area contributed by atoms with E-state index in [1.165, 1.54) is 35.2 Å². The highest BCUT2D eigenvalue weighted by atomic mass is 19.4. The van der Waals surface area contributed by atoms with E-state index in [0.717, 1.165) is 0 Å². The predicted octanol–water partition coefficient (Wildman–Crippen LogP) is 2.32. The summed E-state index contributed by atoms with van der Waals surface area (Å²) in [7, 11) is 0. The number of nitrogens with one attached hydrogen (secondary N) is 2. The highest BCUT2D eigenvalue weighted by molar-refractivity contribution is 6.06. The predicted molar refractivity (Wildman–Crippen MR) is 128 cm³/mol. The van der Waals surface area contributed by atoms with Gasteiger partial charge in [0.2, 0.25) is 11.8 Å². The highest BCUT2D eigenvalue weighted by Crippen LogP contribution is 2.38. The molecule has 2 unspecified atom stereocenters. The lowest BCUT2D eigenvalue weighted by atomic mass is 10.0. The van der Waals surface area contributed by atoms with Crippen molar-refractivity contribution in [2.75, 3.05) is 31.2 Å². The fraction of sp³-hybridized carbons (Fsp3) is 0.385. The molecule has 2 aromatic rings. The molecular formula is C26H25F3N4O5. The van der Waals surface area contributed by atoms with E-state index >= 15 is 0 Å². The quantitative estimate of drug-likeness (QED) is 0.575. The number of benzene rings is 2. The highest BCUT2D eigenvalue weighted by Gasteiger charge is 2.44. The Morgan fingerprint density at radius 2 is 1.82 bits per heavy atom. The number of amides is 4. The molecule has 9 nitrogen and oxygen atoms in total. The molecule has 3 aliphatic heterocycles. The summed E-state index contributed by atoms with van der Waals surface area (Å²) in [5.41, 5.74) is 0.939. The van der Waals surface area contributed by atoms with Crippen LogP contribution in [0.5, 0.6) is 0 Å². The normalized spacial score (nSPS) is 20.7. The second-order valence-electron chi connectivity index (χ2n) is 9.38. The smallest absolute Gasteiger partial charge is 0.378 e. The zero-order valence-corrected chi connectivity index (χ0v) is 20.2. The van der Waals surface area contributed by atoms with Crippen molar-refractivity contribution in [3.05, 3.63) is 64.7 Å². The molecule has 38 heavy (non-hydrogen) atoms. The first-order chi connectivity index (χ1) is 18.1. The maximum atomic E-state index is 14.3. The van der Waals surface area contributed by atoms with Gasteiger partial charge in [-0.3, -0.25) is 24.5 Å². The van der Waals surface area contributed by atoms with Gasteiger partial charge in [0.15, 0.2) is 6.04 Å². The summed E-state index contributed by atoms with van der Waals surface area (Å²) in [5, 5.41) is 4.35. The van der Waals surface area contributed by atoms with Crippen LogP contribution in [0.2, 0.25) is 0 Å². The molecule has 0 radical (unpaired) electrons. The molecule has 0 saturated carbocycles. The van der Waals surface area contributed by atoms with Crippen LogP contribution in [0.25, 0.3) is 0 Å². The lowest BCUT2D eigenvalue weighted by Crippen LogP contribution is -2.52. The second kappa shape index (κ2) is 10.1. The van der Waals surface area contributed by atoms with Gasteiger partial charge in [0.05, 0.1) is 13.2 Å². The number of carbonyl (C=O) groups excluding carboxylic acids is 4. The van der Waals surface area contributed by atoms with Gasteiger partial charge < -0.3 is 19.9 Å². The van der Waals surface area contributed by atoms with Crippen LogP contribution in [0.4, 0.5) is 18.9 Å². The zero-order valence-electron chi connectivity index (χ0n) is 20.2. The zero-order chi connectivity index (χ0) is 27.0. The Bertz CT molecular complexity index is 1290. The number of anilines is 1. The Morgan fingerprint density at radius 1 is 1.08 bits per heavy atom. The number of ether oxygens (including phenoxy) is 1. The Labute approximate surface area is 215 Å². The minimum atomic E-state index is -4.77. The molecule has 2 fully saturated rings. The van der Waals surface area contributed by atoms with Crippen molar-refractivity contribution >= 4 is 29.3 Å². The van der Waals surface area contributed by atoms with Crippen LogP contribution < -0.4 is 15.5 Å². The Morgan fingerprint density at radius 3 is 2.53 bits per heavy atom. The number of imide groups is 1. The molecular weight excluding hydrogens is 505 g/mol. The maximum Gasteiger partial charge on any atom is 0.412 e. The number of hydrogen-bond donors (Lipinski definition) is 2. The van der Waals surface area contributed by atoms with E-state index in [2.05, 4.69) is 10.6 Å². The van der Waals surface area contributed by atoms with E-state index in [4.69, 9.17) is 4.74 Å². The first-order valence-corrected chi connectivity index (χ1v) is 12.2. The summed E-state index contributed by atoms with van der Waals surface area (Å²) in [4.78, 5) is 52.8. The maximum absolute atomic E-state index is 14.3. The third-order valence-electron chi connectivity index (χ3n) is 6.99. The average molecular weight is 531 g/mol. The van der Waals surface area contributed by atoms with E-state index in [1.807, 2.05) is 0 Å². The van der Waals surface area contributed by atoms with Gasteiger partial charge in [0.1, 0.15) is 6.04 Å². The van der Waals surface area contributed by atoms with Gasteiger partial charge in [-0.1, -0.05) is 18.2 Å². The first-order valence-electron chi connectivity index (χ1n) is 12.2. The van der Waals surface area contributed by atoms with E-state index in [9.17, 15) is 32.3 Å². The first kappa shape index (κ1) is 25.7. The van der Waals surface area contributed by atoms with Crippen molar-refractivity contribution in [3.63, 3.8) is 0 Å². The standard InChI is InChI=1S/C26H25F3N4O5/c27-26(28,29)22(18-3-1-2-4-19(18)32-9-11-38-12-10-32)31-23(35)15-5-6-17-16(13-15)14-33(25(17)37)20-7-8-21(34)30-24(20)36/h1-6,13,20,22H,7-12,14H2,(H,31,35)(H,30,34,36). The SMILES string of the molecule is O=C1CCC(N2Cc3cc(C(=O)NC(c4ccccc4N4CCOCC4)C(F)(F)F)ccc3C2=O)C(=O)N1. The average Bonchev–Trinajstić information content (AvgIpc) is 3.22. The van der Waals surface area contributed by atoms with Crippen molar-refractivity contribution in [1.29, 1.82) is 0 Å². The van der Waals surface area contributed by atoms with Gasteiger partial charge in [-0.05, 0) is 36.2 Å². The van der Waals surface area contributed by atoms with Crippen LogP contribution in [0, 0.1) is 0 Å². The number of morpholine rings is 1. The molecule has 2 atom stereocenters. The molecule has 0 aromatic heterocycles. The number of piperidine rings is 1. The minimum absolute atomic E-state index is 0.00409. The molecule has 2 aromatic carbocycles. The number of nitrogens with zero attached hydrogens (tertiary/aromatic N) is 2.